The van der Waals surface area contributed by atoms with Gasteiger partial charge in [0.05, 0.1) is 25.4 Å². The normalized spacial score (nSPS) is 29.2. The van der Waals surface area contributed by atoms with Gasteiger partial charge in [-0.3, -0.25) is 0 Å². The highest BCUT2D eigenvalue weighted by atomic mass is 32.2. The largest absolute Gasteiger partial charge is 0.394 e. The van der Waals surface area contributed by atoms with Crippen LogP contribution in [0, 0.1) is 11.6 Å². The van der Waals surface area contributed by atoms with Crippen molar-refractivity contribution >= 4 is 28.7 Å². The molecule has 0 radical (unpaired) electrons. The number of anilines is 1. The van der Waals surface area contributed by atoms with E-state index in [1.807, 2.05) is 13.8 Å². The third-order valence-electron chi connectivity index (χ3n) is 7.34. The van der Waals surface area contributed by atoms with Crippen LogP contribution in [0.25, 0.3) is 11.2 Å². The first-order chi connectivity index (χ1) is 18.8. The summed E-state index contributed by atoms with van der Waals surface area (Å²) in [7, 11) is 0. The molecule has 0 spiro atoms. The average Bonchev–Trinajstić information content (AvgIpc) is 3.24. The van der Waals surface area contributed by atoms with Crippen LogP contribution in [0.2, 0.25) is 0 Å². The lowest BCUT2D eigenvalue weighted by atomic mass is 10.1. The van der Waals surface area contributed by atoms with Gasteiger partial charge in [0.25, 0.3) is 0 Å². The molecule has 1 saturated heterocycles. The summed E-state index contributed by atoms with van der Waals surface area (Å²) in [5.74, 6) is -1.03. The Morgan fingerprint density at radius 2 is 2.00 bits per heavy atom. The van der Waals surface area contributed by atoms with E-state index in [2.05, 4.69) is 22.6 Å². The van der Waals surface area contributed by atoms with Crippen LogP contribution in [0.4, 0.5) is 14.6 Å². The minimum atomic E-state index is -0.853. The van der Waals surface area contributed by atoms with Gasteiger partial charge in [-0.1, -0.05) is 30.0 Å². The number of fused-ring (bicyclic) bond motifs is 2. The van der Waals surface area contributed by atoms with Crippen LogP contribution in [-0.4, -0.2) is 79.2 Å². The number of aliphatic hydroxyl groups excluding tert-OH is 1. The van der Waals surface area contributed by atoms with Crippen molar-refractivity contribution in [2.75, 3.05) is 24.3 Å². The maximum absolute atomic E-state index is 13.8. The van der Waals surface area contributed by atoms with E-state index in [4.69, 9.17) is 24.2 Å². The molecule has 2 saturated carbocycles. The molecule has 39 heavy (non-hydrogen) atoms. The highest BCUT2D eigenvalue weighted by molar-refractivity contribution is 7.99. The van der Waals surface area contributed by atoms with Gasteiger partial charge in [-0.05, 0) is 44.4 Å². The van der Waals surface area contributed by atoms with Crippen LogP contribution in [0.15, 0.2) is 23.4 Å². The molecule has 3 fully saturated rings. The molecule has 10 nitrogen and oxygen atoms in total. The van der Waals surface area contributed by atoms with Crippen LogP contribution in [0.5, 0.6) is 0 Å². The molecule has 2 N–H and O–H groups in total. The summed E-state index contributed by atoms with van der Waals surface area (Å²) in [6.07, 6.45) is 1.38. The molecule has 3 aliphatic rings. The van der Waals surface area contributed by atoms with Gasteiger partial charge in [-0.15, -0.1) is 5.10 Å². The summed E-state index contributed by atoms with van der Waals surface area (Å²) >= 11 is 1.55. The highest BCUT2D eigenvalue weighted by Gasteiger charge is 2.56. The number of halogens is 2. The number of rotatable bonds is 10. The summed E-state index contributed by atoms with van der Waals surface area (Å²) in [6, 6.07) is 3.80. The van der Waals surface area contributed by atoms with Crippen molar-refractivity contribution in [3.63, 3.8) is 0 Å². The van der Waals surface area contributed by atoms with Gasteiger partial charge in [0.15, 0.2) is 39.6 Å². The van der Waals surface area contributed by atoms with Crippen LogP contribution in [-0.2, 0) is 14.2 Å². The first-order valence-corrected chi connectivity index (χ1v) is 14.3. The van der Waals surface area contributed by atoms with Crippen molar-refractivity contribution in [3.8, 4) is 0 Å². The monoisotopic (exact) mass is 562 g/mol. The second-order valence-corrected chi connectivity index (χ2v) is 11.7. The van der Waals surface area contributed by atoms with Gasteiger partial charge in [0, 0.05) is 24.1 Å². The molecule has 6 rings (SSSR count). The number of benzene rings is 1. The van der Waals surface area contributed by atoms with Crippen molar-refractivity contribution < 1.29 is 28.1 Å². The minimum absolute atomic E-state index is 0.00150. The molecule has 1 aromatic carbocycles. The van der Waals surface area contributed by atoms with Gasteiger partial charge < -0.3 is 24.6 Å². The molecule has 3 aromatic rings. The summed E-state index contributed by atoms with van der Waals surface area (Å²) in [5.41, 5.74) is 1.85. The van der Waals surface area contributed by atoms with E-state index in [0.29, 0.717) is 28.6 Å². The van der Waals surface area contributed by atoms with Crippen molar-refractivity contribution in [2.45, 2.75) is 87.3 Å². The summed E-state index contributed by atoms with van der Waals surface area (Å²) in [5, 5.41) is 22.3. The van der Waals surface area contributed by atoms with E-state index in [0.717, 1.165) is 30.2 Å². The number of nitrogens with one attached hydrogen (secondary N) is 1. The maximum Gasteiger partial charge on any atom is 0.191 e. The second-order valence-electron chi connectivity index (χ2n) is 10.7. The molecule has 210 valence electrons. The average molecular weight is 563 g/mol. The number of nitrogens with zero attached hydrogens (tertiary/aromatic N) is 5. The standard InChI is InChI=1S/C26H32F2N6O4S/c1-4-9-39-25-30-23(29-17-11-14(17)13-5-6-15(27)16(28)10-13)20-24(31-25)34(33-32-20)18-12-19(36-8-7-35)22-21(18)37-26(2,3)38-22/h5-6,10,14,17-19,21-22,35H,4,7-9,11-12H2,1-3H3,(H,29,30,31)/t14-,17-,18+,19-,21-,22+/m0/s1. The molecule has 6 atom stereocenters. The predicted molar refractivity (Wildman–Crippen MR) is 140 cm³/mol. The molecule has 13 heteroatoms. The SMILES string of the molecule is CCCSc1nc(N[C@H]2C[C@H]2c2ccc(F)c(F)c2)c2nnn([C@@H]3C[C@H](OCCO)[C@H]4OC(C)(C)O[C@H]43)c2n1. The summed E-state index contributed by atoms with van der Waals surface area (Å²) in [4.78, 5) is 9.57. The lowest BCUT2D eigenvalue weighted by Crippen LogP contribution is -2.31. The third kappa shape index (κ3) is 5.22. The zero-order chi connectivity index (χ0) is 27.3. The Balaban J connectivity index is 1.31. The van der Waals surface area contributed by atoms with Crippen LogP contribution >= 0.6 is 11.8 Å². The molecule has 3 heterocycles. The number of thioether (sulfide) groups is 1. The van der Waals surface area contributed by atoms with E-state index in [-0.39, 0.29) is 49.5 Å². The van der Waals surface area contributed by atoms with Gasteiger partial charge in [0.2, 0.25) is 0 Å². The summed E-state index contributed by atoms with van der Waals surface area (Å²) < 4.78 is 47.4. The van der Waals surface area contributed by atoms with E-state index < -0.39 is 17.4 Å². The van der Waals surface area contributed by atoms with E-state index in [1.54, 1.807) is 22.5 Å². The zero-order valence-corrected chi connectivity index (χ0v) is 22.8. The Hall–Kier alpha value is -2.45. The fourth-order valence-corrected chi connectivity index (χ4v) is 6.24. The molecule has 2 aliphatic carbocycles. The Labute approximate surface area is 228 Å². The summed E-state index contributed by atoms with van der Waals surface area (Å²) in [6.45, 7) is 5.96. The number of hydrogen-bond donors (Lipinski definition) is 2. The quantitative estimate of drug-likeness (QED) is 0.279. The topological polar surface area (TPSA) is 116 Å². The van der Waals surface area contributed by atoms with Crippen molar-refractivity contribution in [1.29, 1.82) is 0 Å². The van der Waals surface area contributed by atoms with Crippen LogP contribution < -0.4 is 5.32 Å². The molecular formula is C26H32F2N6O4S. The van der Waals surface area contributed by atoms with Crippen molar-refractivity contribution in [2.24, 2.45) is 0 Å². The number of ether oxygens (including phenoxy) is 3. The number of aliphatic hydroxyl groups is 1. The third-order valence-corrected chi connectivity index (χ3v) is 8.40. The van der Waals surface area contributed by atoms with Gasteiger partial charge in [0.1, 0.15) is 12.2 Å². The lowest BCUT2D eigenvalue weighted by Gasteiger charge is -2.23. The van der Waals surface area contributed by atoms with Gasteiger partial charge >= 0.3 is 0 Å². The van der Waals surface area contributed by atoms with E-state index >= 15 is 0 Å². The number of aromatic nitrogens is 5. The first-order valence-electron chi connectivity index (χ1n) is 13.3. The first kappa shape index (κ1) is 26.8. The van der Waals surface area contributed by atoms with Crippen molar-refractivity contribution in [3.05, 3.63) is 35.4 Å². The van der Waals surface area contributed by atoms with E-state index in [9.17, 15) is 13.9 Å². The van der Waals surface area contributed by atoms with Crippen molar-refractivity contribution in [1.82, 2.24) is 25.0 Å². The molecule has 2 aromatic heterocycles. The molecule has 0 amide bonds. The molecular weight excluding hydrogens is 530 g/mol. The Kier molecular flexibility index (Phi) is 7.21. The highest BCUT2D eigenvalue weighted by Crippen LogP contribution is 2.46. The zero-order valence-electron chi connectivity index (χ0n) is 22.0. The van der Waals surface area contributed by atoms with Crippen LogP contribution in [0.3, 0.4) is 0 Å². The molecule has 0 bridgehead atoms. The fraction of sp³-hybridized carbons (Fsp3) is 0.615. The lowest BCUT2D eigenvalue weighted by molar-refractivity contribution is -0.171. The fourth-order valence-electron chi connectivity index (χ4n) is 5.55. The van der Waals surface area contributed by atoms with Crippen LogP contribution in [0.1, 0.15) is 57.6 Å². The van der Waals surface area contributed by atoms with Gasteiger partial charge in [-0.25, -0.2) is 23.4 Å². The smallest absolute Gasteiger partial charge is 0.191 e. The number of hydrogen-bond acceptors (Lipinski definition) is 10. The Bertz CT molecular complexity index is 1360. The minimum Gasteiger partial charge on any atom is -0.394 e. The Morgan fingerprint density at radius 3 is 2.77 bits per heavy atom. The van der Waals surface area contributed by atoms with E-state index in [1.165, 1.54) is 6.07 Å². The predicted octanol–water partition coefficient (Wildman–Crippen LogP) is 3.81. The second kappa shape index (κ2) is 10.5. The molecule has 0 unspecified atom stereocenters. The maximum atomic E-state index is 13.8. The van der Waals surface area contributed by atoms with Gasteiger partial charge in [-0.2, -0.15) is 0 Å². The Morgan fingerprint density at radius 1 is 1.18 bits per heavy atom. The molecule has 1 aliphatic heterocycles.